The second-order valence-electron chi connectivity index (χ2n) is 9.93. The lowest BCUT2D eigenvalue weighted by molar-refractivity contribution is 0.0586. The van der Waals surface area contributed by atoms with Crippen molar-refractivity contribution in [2.45, 2.75) is 31.3 Å². The molecule has 39 heavy (non-hydrogen) atoms. The molecule has 2 bridgehead atoms. The van der Waals surface area contributed by atoms with Gasteiger partial charge in [0.1, 0.15) is 11.5 Å². The largest absolute Gasteiger partial charge is 0.412 e. The zero-order valence-corrected chi connectivity index (χ0v) is 24.4. The number of piperidine rings is 1. The molecule has 6 rings (SSSR count). The van der Waals surface area contributed by atoms with Crippen molar-refractivity contribution in [3.05, 3.63) is 57.9 Å². The molecule has 2 fully saturated rings. The van der Waals surface area contributed by atoms with Crippen LogP contribution in [0.2, 0.25) is 0 Å². The average Bonchev–Trinajstić information content (AvgIpc) is 3.72. The Morgan fingerprint density at radius 2 is 2.10 bits per heavy atom. The molecule has 3 atom stereocenters. The lowest BCUT2D eigenvalue weighted by Crippen LogP contribution is -2.50. The second kappa shape index (κ2) is 10.5. The molecule has 1 aliphatic heterocycles. The van der Waals surface area contributed by atoms with Crippen LogP contribution in [0.25, 0.3) is 20.7 Å². The molecule has 8 nitrogen and oxygen atoms in total. The van der Waals surface area contributed by atoms with Gasteiger partial charge >= 0.3 is 6.09 Å². The fraction of sp³-hybridized carbons (Fsp3) is 0.333. The Balaban J connectivity index is 1.24. The summed E-state index contributed by atoms with van der Waals surface area (Å²) in [5, 5.41) is 3.58. The molecule has 12 heteroatoms. The zero-order valence-electron chi connectivity index (χ0n) is 21.2. The van der Waals surface area contributed by atoms with E-state index in [1.165, 1.54) is 28.7 Å². The highest BCUT2D eigenvalue weighted by molar-refractivity contribution is 9.10. The van der Waals surface area contributed by atoms with E-state index in [0.29, 0.717) is 31.8 Å². The number of amides is 2. The molecule has 0 radical (unpaired) electrons. The van der Waals surface area contributed by atoms with E-state index in [1.54, 1.807) is 29.8 Å². The van der Waals surface area contributed by atoms with Crippen LogP contribution in [0, 0.1) is 11.7 Å². The topological polar surface area (TPSA) is 87.7 Å². The smallest absolute Gasteiger partial charge is 0.409 e. The minimum atomic E-state index is -0.563. The number of hydrogen-bond acceptors (Lipinski definition) is 8. The Morgan fingerprint density at radius 1 is 1.26 bits per heavy atom. The molecular formula is C27H25BrFN5O3S2. The molecule has 2 aliphatic rings. The van der Waals surface area contributed by atoms with Crippen LogP contribution in [-0.4, -0.2) is 59.6 Å². The Morgan fingerprint density at radius 3 is 2.90 bits per heavy atom. The van der Waals surface area contributed by atoms with Crippen molar-refractivity contribution < 1.29 is 18.7 Å². The van der Waals surface area contributed by atoms with Gasteiger partial charge in [-0.2, -0.15) is 0 Å². The van der Waals surface area contributed by atoms with E-state index in [1.807, 2.05) is 30.0 Å². The number of hydrogen-bond donors (Lipinski definition) is 1. The normalized spacial score (nSPS) is 20.0. The van der Waals surface area contributed by atoms with Crippen molar-refractivity contribution in [1.29, 1.82) is 0 Å². The van der Waals surface area contributed by atoms with E-state index in [4.69, 9.17) is 9.72 Å². The van der Waals surface area contributed by atoms with Crippen LogP contribution in [-0.2, 0) is 0 Å². The fourth-order valence-corrected chi connectivity index (χ4v) is 7.63. The van der Waals surface area contributed by atoms with Crippen molar-refractivity contribution in [3.63, 3.8) is 0 Å². The maximum Gasteiger partial charge on any atom is 0.412 e. The van der Waals surface area contributed by atoms with Gasteiger partial charge in [-0.1, -0.05) is 23.5 Å². The van der Waals surface area contributed by atoms with Gasteiger partial charge in [0.05, 0.1) is 31.1 Å². The average molecular weight is 631 g/mol. The first kappa shape index (κ1) is 26.1. The van der Waals surface area contributed by atoms with Crippen LogP contribution < -0.4 is 15.0 Å². The summed E-state index contributed by atoms with van der Waals surface area (Å²) in [5.74, 6) is 0.212. The van der Waals surface area contributed by atoms with Crippen molar-refractivity contribution in [3.8, 4) is 16.2 Å². The van der Waals surface area contributed by atoms with E-state index in [2.05, 4.69) is 26.2 Å². The van der Waals surface area contributed by atoms with Crippen molar-refractivity contribution in [2.75, 3.05) is 25.5 Å². The number of nitrogens with zero attached hydrogens (tertiary/aromatic N) is 4. The summed E-state index contributed by atoms with van der Waals surface area (Å²) < 4.78 is 20.7. The van der Waals surface area contributed by atoms with Gasteiger partial charge in [-0.05, 0) is 70.9 Å². The quantitative estimate of drug-likeness (QED) is 0.274. The third-order valence-corrected chi connectivity index (χ3v) is 10.1. The summed E-state index contributed by atoms with van der Waals surface area (Å²) in [4.78, 5) is 40.3. The molecular weight excluding hydrogens is 605 g/mol. The monoisotopic (exact) mass is 629 g/mol. The summed E-state index contributed by atoms with van der Waals surface area (Å²) in [6.07, 6.45) is 2.27. The summed E-state index contributed by atoms with van der Waals surface area (Å²) in [7, 11) is 3.75. The number of fused-ring (bicyclic) bond motifs is 3. The summed E-state index contributed by atoms with van der Waals surface area (Å²) in [5.41, 5.74) is 3.56. The molecule has 1 aliphatic carbocycles. The molecule has 2 aromatic heterocycles. The van der Waals surface area contributed by atoms with Gasteiger partial charge in [0, 0.05) is 26.7 Å². The molecule has 2 amide bonds. The van der Waals surface area contributed by atoms with E-state index in [0.717, 1.165) is 35.0 Å². The van der Waals surface area contributed by atoms with E-state index >= 15 is 0 Å². The summed E-state index contributed by atoms with van der Waals surface area (Å²) in [6, 6.07) is 10.1. The number of aromatic nitrogens is 2. The third kappa shape index (κ3) is 4.89. The maximum absolute atomic E-state index is 14.1. The lowest BCUT2D eigenvalue weighted by Gasteiger charge is -2.35. The SMILES string of the molecule is CN(C)c1nc(C(=O)N2[C@H]3CC[C@H](C3)[C@@H]2CNC(=O)Oc2cccc3ncsc23)c(-c2ccc(F)c(Br)c2)s1. The predicted octanol–water partition coefficient (Wildman–Crippen LogP) is 6.17. The van der Waals surface area contributed by atoms with E-state index in [-0.39, 0.29) is 30.4 Å². The van der Waals surface area contributed by atoms with Gasteiger partial charge in [-0.25, -0.2) is 19.2 Å². The second-order valence-corrected chi connectivity index (χ2v) is 12.6. The number of carbonyl (C=O) groups is 2. The van der Waals surface area contributed by atoms with Crippen LogP contribution >= 0.6 is 38.6 Å². The molecule has 1 saturated carbocycles. The van der Waals surface area contributed by atoms with Gasteiger partial charge in [-0.3, -0.25) is 4.79 Å². The molecule has 1 N–H and O–H groups in total. The molecule has 2 aromatic carbocycles. The number of nitrogens with one attached hydrogen (secondary N) is 1. The Bertz CT molecular complexity index is 1570. The number of halogens is 2. The number of thiazole rings is 2. The van der Waals surface area contributed by atoms with Crippen LogP contribution in [0.3, 0.4) is 0 Å². The molecule has 1 saturated heterocycles. The fourth-order valence-electron chi connectivity index (χ4n) is 5.54. The highest BCUT2D eigenvalue weighted by Crippen LogP contribution is 2.45. The van der Waals surface area contributed by atoms with Gasteiger partial charge in [-0.15, -0.1) is 11.3 Å². The molecule has 202 valence electrons. The number of carbonyl (C=O) groups excluding carboxylic acids is 2. The van der Waals surface area contributed by atoms with Crippen molar-refractivity contribution >= 4 is 66.0 Å². The number of rotatable bonds is 6. The minimum Gasteiger partial charge on any atom is -0.409 e. The Labute approximate surface area is 240 Å². The zero-order chi connectivity index (χ0) is 27.3. The number of ether oxygens (including phenoxy) is 1. The Kier molecular flexibility index (Phi) is 7.02. The molecule has 0 unspecified atom stereocenters. The van der Waals surface area contributed by atoms with Crippen molar-refractivity contribution in [1.82, 2.24) is 20.2 Å². The van der Waals surface area contributed by atoms with E-state index < -0.39 is 6.09 Å². The first-order valence-corrected chi connectivity index (χ1v) is 15.0. The number of likely N-dealkylation sites (tertiary alicyclic amines) is 1. The number of anilines is 1. The van der Waals surface area contributed by atoms with Crippen LogP contribution in [0.4, 0.5) is 14.3 Å². The summed E-state index contributed by atoms with van der Waals surface area (Å²) >= 11 is 6.07. The van der Waals surface area contributed by atoms with Crippen LogP contribution in [0.15, 0.2) is 46.4 Å². The predicted molar refractivity (Wildman–Crippen MR) is 154 cm³/mol. The highest BCUT2D eigenvalue weighted by Gasteiger charge is 2.49. The molecule has 0 spiro atoms. The molecule has 3 heterocycles. The third-order valence-electron chi connectivity index (χ3n) is 7.34. The summed E-state index contributed by atoms with van der Waals surface area (Å²) in [6.45, 7) is 0.284. The van der Waals surface area contributed by atoms with Gasteiger partial charge in [0.15, 0.2) is 10.9 Å². The van der Waals surface area contributed by atoms with Crippen molar-refractivity contribution in [2.24, 2.45) is 5.92 Å². The standard InChI is InChI=1S/C27H25BrFN5O3S2/c1-33(2)26-32-22(23(39-26)15-7-9-18(29)17(28)11-15)25(35)34-16-8-6-14(10-16)20(34)12-30-27(36)37-21-5-3-4-19-24(21)38-13-31-19/h3-5,7,9,11,13-14,16,20H,6,8,10,12H2,1-2H3,(H,30,36)/t14-,16+,20+/m1/s1. The minimum absolute atomic E-state index is 0.0913. The Hall–Kier alpha value is -3.09. The maximum atomic E-state index is 14.1. The van der Waals surface area contributed by atoms with Gasteiger partial charge in [0.25, 0.3) is 5.91 Å². The van der Waals surface area contributed by atoms with Gasteiger partial charge in [0.2, 0.25) is 0 Å². The first-order valence-electron chi connectivity index (χ1n) is 12.5. The first-order chi connectivity index (χ1) is 18.8. The van der Waals surface area contributed by atoms with Gasteiger partial charge < -0.3 is 19.9 Å². The highest BCUT2D eigenvalue weighted by atomic mass is 79.9. The van der Waals surface area contributed by atoms with Crippen LogP contribution in [0.1, 0.15) is 29.8 Å². The lowest BCUT2D eigenvalue weighted by atomic mass is 9.98. The van der Waals surface area contributed by atoms with Crippen LogP contribution in [0.5, 0.6) is 5.75 Å². The number of benzene rings is 2. The van der Waals surface area contributed by atoms with E-state index in [9.17, 15) is 14.0 Å². The molecule has 4 aromatic rings.